The second-order valence-corrected chi connectivity index (χ2v) is 8.66. The summed E-state index contributed by atoms with van der Waals surface area (Å²) in [6.07, 6.45) is 6.10. The van der Waals surface area contributed by atoms with E-state index in [-0.39, 0.29) is 23.4 Å². The summed E-state index contributed by atoms with van der Waals surface area (Å²) in [5.41, 5.74) is 7.41. The van der Waals surface area contributed by atoms with E-state index < -0.39 is 11.3 Å². The highest BCUT2D eigenvalue weighted by Gasteiger charge is 2.54. The van der Waals surface area contributed by atoms with Crippen molar-refractivity contribution < 1.29 is 9.59 Å². The Morgan fingerprint density at radius 3 is 2.72 bits per heavy atom. The van der Waals surface area contributed by atoms with Gasteiger partial charge in [-0.2, -0.15) is 15.5 Å². The highest BCUT2D eigenvalue weighted by Crippen LogP contribution is 2.47. The third-order valence-corrected chi connectivity index (χ3v) is 6.44. The number of aryl methyl sites for hydroxylation is 1. The molecular weight excluding hydrogens is 410 g/mol. The van der Waals surface area contributed by atoms with E-state index in [1.54, 1.807) is 26.5 Å². The molecule has 32 heavy (non-hydrogen) atoms. The number of hydrogen-bond acceptors (Lipinski definition) is 7. The van der Waals surface area contributed by atoms with Crippen LogP contribution in [0.4, 0.5) is 5.69 Å². The standard InChI is InChI=1S/C21H23N9O2/c1-12-8-29(20(32)21(11-22)4-5-21)9-14(12)26-17-13(18(23)31)7-25-30-10-15(27-19(17)30)16-3-6-24-28(16)2/h3,6-7,10,12,14,26H,4-5,8-9H2,1-2H3,(H2,23,31)/t12-,14+/m0/s1. The van der Waals surface area contributed by atoms with E-state index in [2.05, 4.69) is 26.6 Å². The number of imidazole rings is 1. The minimum Gasteiger partial charge on any atom is -0.376 e. The third kappa shape index (κ3) is 3.07. The first-order valence-electron chi connectivity index (χ1n) is 10.5. The van der Waals surface area contributed by atoms with Crippen molar-refractivity contribution in [3.63, 3.8) is 0 Å². The lowest BCUT2D eigenvalue weighted by molar-refractivity contribution is -0.134. The number of rotatable bonds is 5. The smallest absolute Gasteiger partial charge is 0.252 e. The number of nitriles is 1. The van der Waals surface area contributed by atoms with Gasteiger partial charge in [0.1, 0.15) is 11.1 Å². The van der Waals surface area contributed by atoms with Crippen LogP contribution in [-0.2, 0) is 11.8 Å². The van der Waals surface area contributed by atoms with Crippen LogP contribution in [0.3, 0.4) is 0 Å². The lowest BCUT2D eigenvalue weighted by Crippen LogP contribution is -2.36. The molecule has 0 aromatic carbocycles. The Hall–Kier alpha value is -3.94. The van der Waals surface area contributed by atoms with E-state index in [4.69, 9.17) is 5.73 Å². The second kappa shape index (κ2) is 7.05. The maximum absolute atomic E-state index is 12.8. The van der Waals surface area contributed by atoms with Gasteiger partial charge in [0.15, 0.2) is 5.65 Å². The van der Waals surface area contributed by atoms with Crippen LogP contribution in [0.25, 0.3) is 17.0 Å². The molecule has 2 amide bonds. The average Bonchev–Trinajstić information content (AvgIpc) is 3.04. The molecule has 0 radical (unpaired) electrons. The average molecular weight is 433 g/mol. The fraction of sp³-hybridized carbons (Fsp3) is 0.429. The number of amides is 2. The maximum Gasteiger partial charge on any atom is 0.252 e. The molecule has 1 saturated carbocycles. The van der Waals surface area contributed by atoms with Gasteiger partial charge in [0.2, 0.25) is 5.91 Å². The first-order valence-corrected chi connectivity index (χ1v) is 10.5. The lowest BCUT2D eigenvalue weighted by atomic mass is 10.1. The number of anilines is 1. The number of likely N-dealkylation sites (tertiary alicyclic amines) is 1. The number of primary amides is 1. The molecule has 5 rings (SSSR count). The number of carbonyl (C=O) groups is 2. The zero-order valence-electron chi connectivity index (χ0n) is 17.8. The van der Waals surface area contributed by atoms with Gasteiger partial charge < -0.3 is 16.0 Å². The molecule has 3 aromatic heterocycles. The number of fused-ring (bicyclic) bond motifs is 1. The molecule has 0 unspecified atom stereocenters. The molecule has 3 N–H and O–H groups in total. The van der Waals surface area contributed by atoms with Crippen molar-refractivity contribution in [3.05, 3.63) is 30.2 Å². The van der Waals surface area contributed by atoms with Crippen LogP contribution in [0.5, 0.6) is 0 Å². The van der Waals surface area contributed by atoms with Crippen molar-refractivity contribution >= 4 is 23.1 Å². The van der Waals surface area contributed by atoms with E-state index in [1.807, 2.05) is 20.0 Å². The summed E-state index contributed by atoms with van der Waals surface area (Å²) < 4.78 is 3.30. The Morgan fingerprint density at radius 1 is 1.31 bits per heavy atom. The van der Waals surface area contributed by atoms with Crippen LogP contribution < -0.4 is 11.1 Å². The maximum atomic E-state index is 12.8. The summed E-state index contributed by atoms with van der Waals surface area (Å²) in [6.45, 7) is 3.01. The van der Waals surface area contributed by atoms with Gasteiger partial charge in [-0.25, -0.2) is 9.50 Å². The molecule has 164 valence electrons. The predicted molar refractivity (Wildman–Crippen MR) is 114 cm³/mol. The van der Waals surface area contributed by atoms with Gasteiger partial charge in [-0.15, -0.1) is 0 Å². The molecule has 11 nitrogen and oxygen atoms in total. The normalized spacial score (nSPS) is 21.5. The molecule has 11 heteroatoms. The van der Waals surface area contributed by atoms with Crippen LogP contribution in [-0.4, -0.2) is 60.2 Å². The van der Waals surface area contributed by atoms with Crippen molar-refractivity contribution in [2.24, 2.45) is 24.1 Å². The minimum absolute atomic E-state index is 0.105. The van der Waals surface area contributed by atoms with Crippen molar-refractivity contribution in [1.29, 1.82) is 5.26 Å². The Labute approximate surface area is 183 Å². The van der Waals surface area contributed by atoms with E-state index >= 15 is 0 Å². The molecule has 2 fully saturated rings. The van der Waals surface area contributed by atoms with Crippen LogP contribution in [0.1, 0.15) is 30.1 Å². The van der Waals surface area contributed by atoms with Crippen molar-refractivity contribution in [2.75, 3.05) is 18.4 Å². The molecule has 0 spiro atoms. The molecule has 1 aliphatic carbocycles. The van der Waals surface area contributed by atoms with E-state index in [0.717, 1.165) is 5.69 Å². The van der Waals surface area contributed by atoms with E-state index in [0.29, 0.717) is 43.0 Å². The summed E-state index contributed by atoms with van der Waals surface area (Å²) in [5, 5.41) is 21.3. The number of hydrogen-bond donors (Lipinski definition) is 2. The SMILES string of the molecule is C[C@H]1CN(C(=O)C2(C#N)CC2)C[C@H]1Nc1c(C(N)=O)cnn2cc(-c3ccnn3C)nc12. The molecule has 4 heterocycles. The molecule has 2 aliphatic rings. The van der Waals surface area contributed by atoms with Crippen LogP contribution in [0.15, 0.2) is 24.7 Å². The number of aromatic nitrogens is 5. The van der Waals surface area contributed by atoms with Gasteiger partial charge in [-0.05, 0) is 24.8 Å². The molecular formula is C21H23N9O2. The summed E-state index contributed by atoms with van der Waals surface area (Å²) in [6, 6.07) is 3.89. The van der Waals surface area contributed by atoms with Gasteiger partial charge in [-0.3, -0.25) is 14.3 Å². The van der Waals surface area contributed by atoms with Crippen molar-refractivity contribution in [3.8, 4) is 17.5 Å². The largest absolute Gasteiger partial charge is 0.376 e. The van der Waals surface area contributed by atoms with Crippen molar-refractivity contribution in [1.82, 2.24) is 29.3 Å². The fourth-order valence-electron chi connectivity index (χ4n) is 4.32. The predicted octanol–water partition coefficient (Wildman–Crippen LogP) is 0.791. The monoisotopic (exact) mass is 433 g/mol. The fourth-order valence-corrected chi connectivity index (χ4v) is 4.32. The van der Waals surface area contributed by atoms with Gasteiger partial charge in [-0.1, -0.05) is 6.92 Å². The number of nitrogens with one attached hydrogen (secondary N) is 1. The molecule has 2 atom stereocenters. The quantitative estimate of drug-likeness (QED) is 0.604. The minimum atomic E-state index is -0.849. The van der Waals surface area contributed by atoms with E-state index in [9.17, 15) is 14.9 Å². The summed E-state index contributed by atoms with van der Waals surface area (Å²) in [5.74, 6) is -0.619. The molecule has 0 bridgehead atoms. The van der Waals surface area contributed by atoms with Gasteiger partial charge >= 0.3 is 0 Å². The number of nitrogens with two attached hydrogens (primary N) is 1. The zero-order valence-corrected chi connectivity index (χ0v) is 17.8. The van der Waals surface area contributed by atoms with Gasteiger partial charge in [0.05, 0.1) is 35.4 Å². The second-order valence-electron chi connectivity index (χ2n) is 8.66. The van der Waals surface area contributed by atoms with Gasteiger partial charge in [0, 0.05) is 32.4 Å². The topological polar surface area (TPSA) is 147 Å². The van der Waals surface area contributed by atoms with Crippen LogP contribution >= 0.6 is 0 Å². The first-order chi connectivity index (χ1) is 15.3. The molecule has 1 saturated heterocycles. The highest BCUT2D eigenvalue weighted by molar-refractivity contribution is 6.01. The molecule has 1 aliphatic heterocycles. The Morgan fingerprint density at radius 2 is 2.09 bits per heavy atom. The number of carbonyl (C=O) groups excluding carboxylic acids is 2. The molecule has 3 aromatic rings. The number of nitrogens with zero attached hydrogens (tertiary/aromatic N) is 7. The summed E-state index contributed by atoms with van der Waals surface area (Å²) in [4.78, 5) is 31.4. The lowest BCUT2D eigenvalue weighted by Gasteiger charge is -2.21. The van der Waals surface area contributed by atoms with Crippen LogP contribution in [0.2, 0.25) is 0 Å². The third-order valence-electron chi connectivity index (χ3n) is 6.44. The van der Waals surface area contributed by atoms with E-state index in [1.165, 1.54) is 6.20 Å². The van der Waals surface area contributed by atoms with Gasteiger partial charge in [0.25, 0.3) is 5.91 Å². The summed E-state index contributed by atoms with van der Waals surface area (Å²) in [7, 11) is 1.82. The Bertz CT molecular complexity index is 1280. The zero-order chi connectivity index (χ0) is 22.6. The Kier molecular flexibility index (Phi) is 4.40. The highest BCUT2D eigenvalue weighted by atomic mass is 16.2. The first kappa shape index (κ1) is 20.0. The van der Waals surface area contributed by atoms with Crippen molar-refractivity contribution in [2.45, 2.75) is 25.8 Å². The summed E-state index contributed by atoms with van der Waals surface area (Å²) >= 11 is 0. The van der Waals surface area contributed by atoms with Crippen LogP contribution in [0, 0.1) is 22.7 Å². The Balaban J connectivity index is 1.49.